The molecule has 4 heterocycles. The Morgan fingerprint density at radius 1 is 1.00 bits per heavy atom. The van der Waals surface area contributed by atoms with E-state index in [0.29, 0.717) is 17.9 Å². The van der Waals surface area contributed by atoms with E-state index in [1.807, 2.05) is 18.2 Å². The molecule has 3 aromatic heterocycles. The molecule has 1 saturated carbocycles. The molecule has 0 bridgehead atoms. The second kappa shape index (κ2) is 8.78. The third-order valence-electron chi connectivity index (χ3n) is 6.28. The summed E-state index contributed by atoms with van der Waals surface area (Å²) in [4.78, 5) is 32.8. The zero-order valence-electron chi connectivity index (χ0n) is 18.6. The zero-order chi connectivity index (χ0) is 22.1. The summed E-state index contributed by atoms with van der Waals surface area (Å²) in [7, 11) is 0. The Morgan fingerprint density at radius 2 is 1.81 bits per heavy atom. The van der Waals surface area contributed by atoms with E-state index in [1.54, 1.807) is 18.6 Å². The summed E-state index contributed by atoms with van der Waals surface area (Å²) in [6, 6.07) is 6.72. The molecule has 0 unspecified atom stereocenters. The number of aromatic nitrogens is 4. The predicted molar refractivity (Wildman–Crippen MR) is 125 cm³/mol. The van der Waals surface area contributed by atoms with Gasteiger partial charge in [0, 0.05) is 48.7 Å². The summed E-state index contributed by atoms with van der Waals surface area (Å²) < 4.78 is 0. The van der Waals surface area contributed by atoms with Crippen molar-refractivity contribution < 1.29 is 4.79 Å². The Labute approximate surface area is 187 Å². The summed E-state index contributed by atoms with van der Waals surface area (Å²) in [5.41, 5.74) is 2.23. The number of carbonyl (C=O) groups is 1. The lowest BCUT2D eigenvalue weighted by Gasteiger charge is -2.35. The lowest BCUT2D eigenvalue weighted by molar-refractivity contribution is -0.117. The maximum atomic E-state index is 12.1. The molecule has 3 aromatic rings. The van der Waals surface area contributed by atoms with Crippen molar-refractivity contribution in [3.05, 3.63) is 36.8 Å². The summed E-state index contributed by atoms with van der Waals surface area (Å²) in [6.45, 7) is 6.70. The quantitative estimate of drug-likeness (QED) is 0.614. The molecule has 0 aromatic carbocycles. The van der Waals surface area contributed by atoms with Crippen LogP contribution in [0.25, 0.3) is 22.3 Å². The highest BCUT2D eigenvalue weighted by Gasteiger charge is 2.29. The van der Waals surface area contributed by atoms with Crippen LogP contribution >= 0.6 is 0 Å². The number of amides is 1. The number of nitrogens with zero attached hydrogens (tertiary/aromatic N) is 5. The Morgan fingerprint density at radius 3 is 2.56 bits per heavy atom. The van der Waals surface area contributed by atoms with E-state index in [2.05, 4.69) is 39.3 Å². The van der Waals surface area contributed by atoms with Crippen molar-refractivity contribution in [1.29, 1.82) is 0 Å². The van der Waals surface area contributed by atoms with Crippen LogP contribution in [0.5, 0.6) is 0 Å². The number of piperidine rings is 1. The van der Waals surface area contributed by atoms with Crippen LogP contribution in [0.4, 0.5) is 11.6 Å². The molecule has 1 amide bonds. The number of likely N-dealkylation sites (tertiary alicyclic amines) is 1. The molecule has 0 atom stereocenters. The van der Waals surface area contributed by atoms with Crippen molar-refractivity contribution in [2.45, 2.75) is 51.6 Å². The van der Waals surface area contributed by atoms with Gasteiger partial charge in [-0.2, -0.15) is 0 Å². The topological polar surface area (TPSA) is 95.9 Å². The first-order valence-electron chi connectivity index (χ1n) is 11.5. The summed E-state index contributed by atoms with van der Waals surface area (Å²) in [6.07, 6.45) is 9.36. The zero-order valence-corrected chi connectivity index (χ0v) is 18.6. The largest absolute Gasteiger partial charge is 0.366 e. The fourth-order valence-corrected chi connectivity index (χ4v) is 4.13. The summed E-state index contributed by atoms with van der Waals surface area (Å²) >= 11 is 0. The van der Waals surface area contributed by atoms with Gasteiger partial charge in [-0.25, -0.2) is 15.0 Å². The van der Waals surface area contributed by atoms with Crippen molar-refractivity contribution in [2.24, 2.45) is 5.92 Å². The molecule has 1 aliphatic carbocycles. The molecule has 166 valence electrons. The van der Waals surface area contributed by atoms with Crippen molar-refractivity contribution in [3.63, 3.8) is 0 Å². The van der Waals surface area contributed by atoms with Crippen LogP contribution < -0.4 is 10.6 Å². The molecule has 1 aliphatic heterocycles. The number of fused-ring (bicyclic) bond motifs is 1. The van der Waals surface area contributed by atoms with Gasteiger partial charge in [-0.15, -0.1) is 0 Å². The summed E-state index contributed by atoms with van der Waals surface area (Å²) in [5.74, 6) is 1.49. The van der Waals surface area contributed by atoms with E-state index in [0.717, 1.165) is 66.9 Å². The van der Waals surface area contributed by atoms with Gasteiger partial charge < -0.3 is 15.5 Å². The first-order valence-corrected chi connectivity index (χ1v) is 11.5. The molecule has 1 saturated heterocycles. The van der Waals surface area contributed by atoms with Crippen molar-refractivity contribution >= 4 is 28.4 Å². The molecule has 5 rings (SSSR count). The molecule has 8 nitrogen and oxygen atoms in total. The third kappa shape index (κ3) is 4.70. The van der Waals surface area contributed by atoms with Crippen molar-refractivity contribution in [1.82, 2.24) is 24.8 Å². The standard InChI is InChI=1S/C24H29N7O/c1-15(2)31-9-7-18(8-10-31)27-23-14-25-13-21(29-23)19-6-5-17-12-26-22(11-20(17)28-19)30-24(32)16-3-4-16/h5-6,11-16,18H,3-4,7-10H2,1-2H3,(H,27,29)(H,26,30,32). The molecule has 2 fully saturated rings. The lowest BCUT2D eigenvalue weighted by atomic mass is 10.0. The van der Waals surface area contributed by atoms with E-state index in [-0.39, 0.29) is 11.8 Å². The lowest BCUT2D eigenvalue weighted by Crippen LogP contribution is -2.42. The molecule has 0 radical (unpaired) electrons. The predicted octanol–water partition coefficient (Wildman–Crippen LogP) is 3.72. The van der Waals surface area contributed by atoms with Crippen LogP contribution in [0.1, 0.15) is 39.5 Å². The van der Waals surface area contributed by atoms with E-state index in [4.69, 9.17) is 9.97 Å². The smallest absolute Gasteiger partial charge is 0.228 e. The number of anilines is 2. The van der Waals surface area contributed by atoms with Gasteiger partial charge in [0.15, 0.2) is 0 Å². The fraction of sp³-hybridized carbons (Fsp3) is 0.458. The Balaban J connectivity index is 1.31. The van der Waals surface area contributed by atoms with Gasteiger partial charge in [-0.05, 0) is 51.7 Å². The monoisotopic (exact) mass is 431 g/mol. The van der Waals surface area contributed by atoms with Gasteiger partial charge in [-0.1, -0.05) is 0 Å². The SMILES string of the molecule is CC(C)N1CCC(Nc2cncc(-c3ccc4cnc(NC(=O)C5CC5)cc4n3)n2)CC1. The molecular weight excluding hydrogens is 402 g/mol. The van der Waals surface area contributed by atoms with E-state index >= 15 is 0 Å². The minimum Gasteiger partial charge on any atom is -0.366 e. The fourth-order valence-electron chi connectivity index (χ4n) is 4.13. The highest BCUT2D eigenvalue weighted by molar-refractivity contribution is 5.94. The minimum atomic E-state index is 0.0388. The normalized spacial score (nSPS) is 17.6. The maximum Gasteiger partial charge on any atom is 0.228 e. The van der Waals surface area contributed by atoms with Crippen LogP contribution in [-0.4, -0.2) is 55.9 Å². The number of hydrogen-bond acceptors (Lipinski definition) is 7. The van der Waals surface area contributed by atoms with Crippen molar-refractivity contribution in [2.75, 3.05) is 23.7 Å². The average Bonchev–Trinajstić information content (AvgIpc) is 3.65. The highest BCUT2D eigenvalue weighted by atomic mass is 16.2. The number of nitrogens with one attached hydrogen (secondary N) is 2. The summed E-state index contributed by atoms with van der Waals surface area (Å²) in [5, 5.41) is 7.35. The van der Waals surface area contributed by atoms with Crippen LogP contribution in [0.3, 0.4) is 0 Å². The third-order valence-corrected chi connectivity index (χ3v) is 6.28. The molecule has 2 N–H and O–H groups in total. The molecular formula is C24H29N7O. The first-order chi connectivity index (χ1) is 15.5. The average molecular weight is 432 g/mol. The molecule has 0 spiro atoms. The second-order valence-corrected chi connectivity index (χ2v) is 9.06. The molecule has 8 heteroatoms. The van der Waals surface area contributed by atoms with Gasteiger partial charge in [0.2, 0.25) is 5.91 Å². The van der Waals surface area contributed by atoms with Crippen LogP contribution in [0, 0.1) is 5.92 Å². The van der Waals surface area contributed by atoms with Gasteiger partial charge >= 0.3 is 0 Å². The minimum absolute atomic E-state index is 0.0388. The maximum absolute atomic E-state index is 12.1. The van der Waals surface area contributed by atoms with E-state index in [9.17, 15) is 4.79 Å². The number of hydrogen-bond donors (Lipinski definition) is 2. The van der Waals surface area contributed by atoms with Gasteiger partial charge in [-0.3, -0.25) is 9.78 Å². The van der Waals surface area contributed by atoms with Crippen molar-refractivity contribution in [3.8, 4) is 11.4 Å². The van der Waals surface area contributed by atoms with Crippen LogP contribution in [0.2, 0.25) is 0 Å². The van der Waals surface area contributed by atoms with Crippen LogP contribution in [0.15, 0.2) is 36.8 Å². The molecule has 2 aliphatic rings. The van der Waals surface area contributed by atoms with Crippen LogP contribution in [-0.2, 0) is 4.79 Å². The van der Waals surface area contributed by atoms with E-state index in [1.165, 1.54) is 0 Å². The first kappa shape index (κ1) is 20.8. The number of rotatable bonds is 6. The number of pyridine rings is 2. The second-order valence-electron chi connectivity index (χ2n) is 9.06. The Kier molecular flexibility index (Phi) is 5.70. The van der Waals surface area contributed by atoms with Gasteiger partial charge in [0.1, 0.15) is 17.3 Å². The van der Waals surface area contributed by atoms with Gasteiger partial charge in [0.25, 0.3) is 0 Å². The molecule has 32 heavy (non-hydrogen) atoms. The van der Waals surface area contributed by atoms with E-state index < -0.39 is 0 Å². The Bertz CT molecular complexity index is 1120. The highest BCUT2D eigenvalue weighted by Crippen LogP contribution is 2.30. The Hall–Kier alpha value is -3.13. The van der Waals surface area contributed by atoms with Gasteiger partial charge in [0.05, 0.1) is 23.6 Å². The number of carbonyl (C=O) groups excluding carboxylic acids is 1.